The zero-order valence-corrected chi connectivity index (χ0v) is 24.3. The lowest BCUT2D eigenvalue weighted by atomic mass is 10.0. The number of benzene rings is 3. The smallest absolute Gasteiger partial charge is 0.264 e. The van der Waals surface area contributed by atoms with Crippen LogP contribution >= 0.6 is 0 Å². The molecule has 14 heteroatoms. The molecule has 2 heterocycles. The highest BCUT2D eigenvalue weighted by atomic mass is 32.2. The Hall–Kier alpha value is -4.95. The van der Waals surface area contributed by atoms with E-state index in [0.717, 1.165) is 25.3 Å². The number of nitrogens with one attached hydrogen (secondary N) is 1. The lowest BCUT2D eigenvalue weighted by Crippen LogP contribution is -2.15. The molecular weight excluding hydrogens is 580 g/mol. The van der Waals surface area contributed by atoms with E-state index in [-0.39, 0.29) is 34.6 Å². The predicted molar refractivity (Wildman–Crippen MR) is 161 cm³/mol. The fourth-order valence-electron chi connectivity index (χ4n) is 4.02. The molecule has 0 unspecified atom stereocenters. The second-order valence-corrected chi connectivity index (χ2v) is 10.5. The summed E-state index contributed by atoms with van der Waals surface area (Å²) in [7, 11) is -2.99. The van der Waals surface area contributed by atoms with E-state index in [9.17, 15) is 12.8 Å². The first-order valence-corrected chi connectivity index (χ1v) is 14.4. The molecule has 0 atom stereocenters. The number of sulfonamides is 1. The Balaban J connectivity index is 0.000000782. The highest BCUT2D eigenvalue weighted by Gasteiger charge is 2.22. The van der Waals surface area contributed by atoms with E-state index in [1.165, 1.54) is 55.9 Å². The third-order valence-electron chi connectivity index (χ3n) is 6.03. The average molecular weight is 610 g/mol. The average Bonchev–Trinajstić information content (AvgIpc) is 2.99. The number of hydrogen-bond acceptors (Lipinski definition) is 10. The summed E-state index contributed by atoms with van der Waals surface area (Å²) in [6, 6.07) is 12.0. The van der Waals surface area contributed by atoms with Gasteiger partial charge in [0.1, 0.15) is 27.8 Å². The third-order valence-corrected chi connectivity index (χ3v) is 7.43. The molecule has 5 rings (SSSR count). The van der Waals surface area contributed by atoms with Crippen molar-refractivity contribution in [2.45, 2.75) is 18.7 Å². The van der Waals surface area contributed by atoms with Crippen LogP contribution in [0.5, 0.6) is 5.75 Å². The topological polar surface area (TPSA) is 168 Å². The van der Waals surface area contributed by atoms with Crippen molar-refractivity contribution in [3.05, 3.63) is 78.6 Å². The molecular formula is C29H29F2N7O4S. The highest BCUT2D eigenvalue weighted by molar-refractivity contribution is 7.92. The molecule has 0 amide bonds. The van der Waals surface area contributed by atoms with Gasteiger partial charge < -0.3 is 20.9 Å². The van der Waals surface area contributed by atoms with Crippen molar-refractivity contribution in [2.24, 2.45) is 0 Å². The van der Waals surface area contributed by atoms with Crippen molar-refractivity contribution < 1.29 is 26.7 Å². The highest BCUT2D eigenvalue weighted by Crippen LogP contribution is 2.37. The molecule has 0 aliphatic carbocycles. The maximum atomic E-state index is 15.6. The van der Waals surface area contributed by atoms with Crippen LogP contribution in [0, 0.1) is 11.6 Å². The quantitative estimate of drug-likeness (QED) is 0.216. The van der Waals surface area contributed by atoms with Gasteiger partial charge in [0.25, 0.3) is 10.0 Å². The molecule has 0 radical (unpaired) electrons. The van der Waals surface area contributed by atoms with E-state index in [0.29, 0.717) is 22.0 Å². The first-order valence-electron chi connectivity index (χ1n) is 13.0. The third kappa shape index (κ3) is 6.93. The fourth-order valence-corrected chi connectivity index (χ4v) is 5.16. The maximum absolute atomic E-state index is 15.6. The van der Waals surface area contributed by atoms with Gasteiger partial charge in [0.05, 0.1) is 18.4 Å². The van der Waals surface area contributed by atoms with Crippen LogP contribution in [0.2, 0.25) is 0 Å². The number of methoxy groups -OCH3 is 1. The van der Waals surface area contributed by atoms with Crippen LogP contribution in [0.4, 0.5) is 26.2 Å². The Morgan fingerprint density at radius 2 is 1.60 bits per heavy atom. The first kappa shape index (κ1) is 31.0. The first-order chi connectivity index (χ1) is 20.6. The minimum absolute atomic E-state index is 0.0364. The molecule has 5 aromatic rings. The predicted octanol–water partition coefficient (Wildman–Crippen LogP) is 5.05. The zero-order valence-electron chi connectivity index (χ0n) is 23.5. The van der Waals surface area contributed by atoms with E-state index in [2.05, 4.69) is 24.7 Å². The summed E-state index contributed by atoms with van der Waals surface area (Å²) in [5.74, 6) is -1.18. The van der Waals surface area contributed by atoms with Gasteiger partial charge >= 0.3 is 0 Å². The van der Waals surface area contributed by atoms with Crippen LogP contribution in [0.25, 0.3) is 33.4 Å². The minimum Gasteiger partial charge on any atom is -0.494 e. The SMILES string of the molecule is CCOCC.COc1cc(-c2cccc(NS(=O)(=O)c3ccccc3F)c2F)cc2c(N)nc(-c3cnc(N)nc3)nc12. The van der Waals surface area contributed by atoms with E-state index in [4.69, 9.17) is 20.9 Å². The van der Waals surface area contributed by atoms with Crippen molar-refractivity contribution in [3.63, 3.8) is 0 Å². The molecule has 0 saturated heterocycles. The summed E-state index contributed by atoms with van der Waals surface area (Å²) in [6.07, 6.45) is 2.90. The number of halogens is 2. The van der Waals surface area contributed by atoms with Crippen LogP contribution in [0.15, 0.2) is 71.9 Å². The zero-order chi connectivity index (χ0) is 31.1. The molecule has 0 saturated carbocycles. The van der Waals surface area contributed by atoms with Gasteiger partial charge in [-0.3, -0.25) is 4.72 Å². The second-order valence-electron chi connectivity index (χ2n) is 8.82. The van der Waals surface area contributed by atoms with Crippen molar-refractivity contribution in [1.29, 1.82) is 0 Å². The van der Waals surface area contributed by atoms with Gasteiger partial charge in [-0.2, -0.15) is 0 Å². The van der Waals surface area contributed by atoms with Gasteiger partial charge in [-0.05, 0) is 49.7 Å². The molecule has 43 heavy (non-hydrogen) atoms. The summed E-state index contributed by atoms with van der Waals surface area (Å²) in [6.45, 7) is 5.67. The van der Waals surface area contributed by atoms with Gasteiger partial charge in [-0.25, -0.2) is 37.1 Å². The van der Waals surface area contributed by atoms with E-state index < -0.39 is 26.6 Å². The van der Waals surface area contributed by atoms with E-state index >= 15 is 4.39 Å². The number of nitrogen functional groups attached to an aromatic ring is 2. The summed E-state index contributed by atoms with van der Waals surface area (Å²) >= 11 is 0. The number of nitrogens with two attached hydrogens (primary N) is 2. The van der Waals surface area contributed by atoms with Crippen LogP contribution in [-0.4, -0.2) is 48.7 Å². The van der Waals surface area contributed by atoms with Gasteiger partial charge in [0.2, 0.25) is 5.95 Å². The van der Waals surface area contributed by atoms with E-state index in [1.54, 1.807) is 6.07 Å². The molecule has 0 bridgehead atoms. The Bertz CT molecular complexity index is 1860. The van der Waals surface area contributed by atoms with Gasteiger partial charge in [-0.1, -0.05) is 24.3 Å². The number of fused-ring (bicyclic) bond motifs is 1. The lowest BCUT2D eigenvalue weighted by Gasteiger charge is -2.14. The van der Waals surface area contributed by atoms with Gasteiger partial charge in [-0.15, -0.1) is 0 Å². The summed E-state index contributed by atoms with van der Waals surface area (Å²) in [5.41, 5.74) is 12.6. The van der Waals surface area contributed by atoms with Crippen LogP contribution in [0.1, 0.15) is 13.8 Å². The lowest BCUT2D eigenvalue weighted by molar-refractivity contribution is 0.162. The molecule has 2 aromatic heterocycles. The molecule has 0 aliphatic rings. The second kappa shape index (κ2) is 13.4. The van der Waals surface area contributed by atoms with E-state index in [1.807, 2.05) is 13.8 Å². The minimum atomic E-state index is -4.40. The Labute approximate surface area is 247 Å². The summed E-state index contributed by atoms with van der Waals surface area (Å²) in [5, 5.41) is 0.371. The number of aromatic nitrogens is 4. The Morgan fingerprint density at radius 3 is 2.23 bits per heavy atom. The molecule has 0 fully saturated rings. The fraction of sp³-hybridized carbons (Fsp3) is 0.172. The monoisotopic (exact) mass is 609 g/mol. The Morgan fingerprint density at radius 1 is 0.907 bits per heavy atom. The normalized spacial score (nSPS) is 11.1. The van der Waals surface area contributed by atoms with Crippen molar-refractivity contribution in [1.82, 2.24) is 19.9 Å². The van der Waals surface area contributed by atoms with Crippen LogP contribution in [-0.2, 0) is 14.8 Å². The molecule has 224 valence electrons. The Kier molecular flexibility index (Phi) is 9.63. The van der Waals surface area contributed by atoms with Gasteiger partial charge in [0, 0.05) is 36.6 Å². The standard InChI is InChI=1S/C25H19F2N7O3S.C4H10O/c1-37-19-10-13(9-16-22(19)32-24(33-23(16)28)14-11-30-25(29)31-12-14)15-5-4-7-18(21(15)27)34-38(35,36)20-8-3-2-6-17(20)26;1-3-5-4-2/h2-12,34H,1H3,(H2,28,32,33)(H2,29,30,31);3-4H2,1-2H3. The van der Waals surface area contributed by atoms with Gasteiger partial charge in [0.15, 0.2) is 11.6 Å². The van der Waals surface area contributed by atoms with Crippen LogP contribution < -0.4 is 20.9 Å². The molecule has 11 nitrogen and oxygen atoms in total. The number of nitrogens with zero attached hydrogens (tertiary/aromatic N) is 4. The largest absolute Gasteiger partial charge is 0.494 e. The van der Waals surface area contributed by atoms with Crippen molar-refractivity contribution >= 4 is 38.4 Å². The number of ether oxygens (including phenoxy) is 2. The van der Waals surface area contributed by atoms with Crippen molar-refractivity contribution in [2.75, 3.05) is 36.5 Å². The van der Waals surface area contributed by atoms with Crippen LogP contribution in [0.3, 0.4) is 0 Å². The molecule has 3 aromatic carbocycles. The summed E-state index contributed by atoms with van der Waals surface area (Å²) in [4.78, 5) is 16.1. The molecule has 0 spiro atoms. The maximum Gasteiger partial charge on any atom is 0.264 e. The molecule has 5 N–H and O–H groups in total. The number of rotatable bonds is 8. The summed E-state index contributed by atoms with van der Waals surface area (Å²) < 4.78 is 67.6. The van der Waals surface area contributed by atoms with Crippen molar-refractivity contribution in [3.8, 4) is 28.3 Å². The number of anilines is 3. The molecule has 0 aliphatic heterocycles. The number of hydrogen-bond donors (Lipinski definition) is 3.